The molecule has 11 heteroatoms. The molecule has 1 spiro atoms. The third-order valence-electron chi connectivity index (χ3n) is 10.3. The van der Waals surface area contributed by atoms with Crippen LogP contribution in [0.15, 0.2) is 86.0 Å². The van der Waals surface area contributed by atoms with Crippen molar-refractivity contribution in [1.82, 2.24) is 15.1 Å². The van der Waals surface area contributed by atoms with E-state index in [2.05, 4.69) is 34.4 Å². The van der Waals surface area contributed by atoms with Crippen LogP contribution in [0.2, 0.25) is 0 Å². The minimum Gasteiger partial charge on any atom is -0.455 e. The van der Waals surface area contributed by atoms with Crippen LogP contribution in [0, 0.1) is 11.8 Å². The molecule has 0 aliphatic carbocycles. The van der Waals surface area contributed by atoms with Crippen molar-refractivity contribution < 1.29 is 33.8 Å². The summed E-state index contributed by atoms with van der Waals surface area (Å²) in [5, 5.41) is 12.3. The minimum absolute atomic E-state index is 0.0949. The normalized spacial score (nSPS) is 25.9. The number of carbonyl (C=O) groups is 4. The number of aliphatic hydroxyl groups excluding tert-OH is 1. The van der Waals surface area contributed by atoms with Crippen molar-refractivity contribution in [3.05, 3.63) is 97.1 Å². The van der Waals surface area contributed by atoms with Crippen LogP contribution in [0.4, 0.5) is 0 Å². The largest absolute Gasteiger partial charge is 0.455 e. The maximum absolute atomic E-state index is 14.8. The third kappa shape index (κ3) is 8.31. The molecule has 51 heavy (non-hydrogen) atoms. The van der Waals surface area contributed by atoms with Crippen LogP contribution in [0.5, 0.6) is 0 Å². The fraction of sp³-hybridized carbons (Fsp3) is 0.500. The lowest BCUT2D eigenvalue weighted by molar-refractivity contribution is -0.162. The molecule has 10 nitrogen and oxygen atoms in total. The molecule has 2 aromatic rings. The summed E-state index contributed by atoms with van der Waals surface area (Å²) < 4.78 is 13.0. The number of amides is 3. The SMILES string of the molecule is C=CCCC(=O)N[C@@H](C)[C@H](OC(=O)[C@@H]1[C@H]2O[C@@]3(CC2Br)[C@H](C(=O)N(CC=C)Cc2ccccc2)N(CCCCCCO)C(=O)[C@@H]13)c1ccccc1. The molecule has 3 fully saturated rings. The van der Waals surface area contributed by atoms with Gasteiger partial charge in [-0.3, -0.25) is 19.2 Å². The Morgan fingerprint density at radius 3 is 2.43 bits per heavy atom. The molecule has 2 bridgehead atoms. The Morgan fingerprint density at radius 1 is 1.08 bits per heavy atom. The average molecular weight is 765 g/mol. The van der Waals surface area contributed by atoms with Gasteiger partial charge in [-0.2, -0.15) is 0 Å². The summed E-state index contributed by atoms with van der Waals surface area (Å²) in [6, 6.07) is 17.4. The summed E-state index contributed by atoms with van der Waals surface area (Å²) in [5.74, 6) is -3.23. The van der Waals surface area contributed by atoms with Gasteiger partial charge in [0, 0.05) is 37.5 Å². The molecule has 0 saturated carbocycles. The standard InChI is InChI=1S/C40H50BrN3O7/c1-4-6-21-31(46)42-27(3)34(29-19-13-10-14-20-29)50-39(49)32-33-37(47)44(23-15-7-8-16-24-45)36(40(33)25-30(41)35(32)51-40)38(48)43(22-5-2)26-28-17-11-9-12-18-28/h4-5,9-14,17-20,27,30,32-36,45H,1-2,6-8,15-16,21-26H2,3H3,(H,42,46)/t27-,30?,32-,33+,34-,35-,36-,40+/m0/s1. The molecule has 3 heterocycles. The number of nitrogens with zero attached hydrogens (tertiary/aromatic N) is 2. The van der Waals surface area contributed by atoms with Crippen molar-refractivity contribution in [2.24, 2.45) is 11.8 Å². The lowest BCUT2D eigenvalue weighted by Gasteiger charge is -2.37. The first-order chi connectivity index (χ1) is 24.7. The number of hydrogen-bond donors (Lipinski definition) is 2. The van der Waals surface area contributed by atoms with Crippen LogP contribution in [-0.4, -0.2) is 86.9 Å². The van der Waals surface area contributed by atoms with Gasteiger partial charge in [-0.05, 0) is 43.7 Å². The van der Waals surface area contributed by atoms with Gasteiger partial charge in [0.15, 0.2) is 0 Å². The molecule has 0 aromatic heterocycles. The first kappa shape index (κ1) is 38.4. The lowest BCUT2D eigenvalue weighted by Crippen LogP contribution is -2.56. The number of likely N-dealkylation sites (tertiary alicyclic amines) is 1. The highest BCUT2D eigenvalue weighted by Crippen LogP contribution is 2.60. The number of hydrogen-bond acceptors (Lipinski definition) is 7. The molecule has 3 aliphatic rings. The first-order valence-corrected chi connectivity index (χ1v) is 18.9. The zero-order valence-electron chi connectivity index (χ0n) is 29.3. The van der Waals surface area contributed by atoms with Crippen LogP contribution in [-0.2, 0) is 35.2 Å². The van der Waals surface area contributed by atoms with Crippen molar-refractivity contribution in [2.75, 3.05) is 19.7 Å². The summed E-state index contributed by atoms with van der Waals surface area (Å²) in [7, 11) is 0. The van der Waals surface area contributed by atoms with Gasteiger partial charge in [-0.15, -0.1) is 13.2 Å². The molecule has 1 unspecified atom stereocenters. The number of benzene rings is 2. The minimum atomic E-state index is -1.25. The number of ether oxygens (including phenoxy) is 2. The molecule has 2 aromatic carbocycles. The van der Waals surface area contributed by atoms with Crippen LogP contribution in [0.3, 0.4) is 0 Å². The fourth-order valence-electron chi connectivity index (χ4n) is 7.97. The monoisotopic (exact) mass is 763 g/mol. The summed E-state index contributed by atoms with van der Waals surface area (Å²) in [6.07, 6.45) is 5.83. The van der Waals surface area contributed by atoms with Gasteiger partial charge in [-0.1, -0.05) is 102 Å². The number of esters is 1. The number of alkyl halides is 1. The fourth-order valence-corrected chi connectivity index (χ4v) is 8.91. The van der Waals surface area contributed by atoms with E-state index in [9.17, 15) is 24.3 Å². The lowest BCUT2D eigenvalue weighted by atomic mass is 9.70. The number of unbranched alkanes of at least 4 members (excludes halogenated alkanes) is 3. The molecule has 3 saturated heterocycles. The molecule has 2 N–H and O–H groups in total. The number of rotatable bonds is 19. The molecule has 8 atom stereocenters. The third-order valence-corrected chi connectivity index (χ3v) is 11.1. The number of nitrogens with one attached hydrogen (secondary N) is 1. The van der Waals surface area contributed by atoms with Gasteiger partial charge < -0.3 is 29.7 Å². The van der Waals surface area contributed by atoms with Crippen LogP contribution in [0.25, 0.3) is 0 Å². The van der Waals surface area contributed by atoms with Crippen LogP contribution < -0.4 is 5.32 Å². The van der Waals surface area contributed by atoms with Crippen molar-refractivity contribution in [1.29, 1.82) is 0 Å². The van der Waals surface area contributed by atoms with E-state index in [-0.39, 0.29) is 42.1 Å². The Hall–Kier alpha value is -3.80. The van der Waals surface area contributed by atoms with E-state index in [1.165, 1.54) is 0 Å². The number of fused-ring (bicyclic) bond motifs is 1. The van der Waals surface area contributed by atoms with E-state index in [0.29, 0.717) is 44.3 Å². The maximum atomic E-state index is 14.8. The predicted octanol–water partition coefficient (Wildman–Crippen LogP) is 5.26. The molecular weight excluding hydrogens is 714 g/mol. The molecule has 3 aliphatic heterocycles. The molecule has 5 rings (SSSR count). The van der Waals surface area contributed by atoms with Gasteiger partial charge in [0.2, 0.25) is 17.7 Å². The Kier molecular flexibility index (Phi) is 13.3. The zero-order chi connectivity index (χ0) is 36.5. The topological polar surface area (TPSA) is 125 Å². The number of allylic oxidation sites excluding steroid dienone is 1. The number of carbonyl (C=O) groups excluding carboxylic acids is 4. The first-order valence-electron chi connectivity index (χ1n) is 18.0. The van der Waals surface area contributed by atoms with E-state index in [4.69, 9.17) is 9.47 Å². The molecular formula is C40H50BrN3O7. The molecule has 0 radical (unpaired) electrons. The quantitative estimate of drug-likeness (QED) is 0.0867. The summed E-state index contributed by atoms with van der Waals surface area (Å²) >= 11 is 3.76. The second-order valence-electron chi connectivity index (χ2n) is 13.8. The second-order valence-corrected chi connectivity index (χ2v) is 15.0. The van der Waals surface area contributed by atoms with E-state index >= 15 is 0 Å². The van der Waals surface area contributed by atoms with Gasteiger partial charge in [0.1, 0.15) is 17.7 Å². The Bertz CT molecular complexity index is 1540. The van der Waals surface area contributed by atoms with E-state index in [0.717, 1.165) is 18.4 Å². The average Bonchev–Trinajstić information content (AvgIpc) is 3.72. The van der Waals surface area contributed by atoms with E-state index in [1.54, 1.807) is 28.9 Å². The summed E-state index contributed by atoms with van der Waals surface area (Å²) in [6.45, 7) is 10.4. The molecule has 274 valence electrons. The smallest absolute Gasteiger partial charge is 0.313 e. The van der Waals surface area contributed by atoms with E-state index in [1.807, 2.05) is 60.7 Å². The highest BCUT2D eigenvalue weighted by Gasteiger charge is 2.77. The maximum Gasteiger partial charge on any atom is 0.313 e. The predicted molar refractivity (Wildman–Crippen MR) is 197 cm³/mol. The van der Waals surface area contributed by atoms with Crippen LogP contribution in [0.1, 0.15) is 69.1 Å². The second kappa shape index (κ2) is 17.6. The van der Waals surface area contributed by atoms with Gasteiger partial charge in [-0.25, -0.2) is 0 Å². The summed E-state index contributed by atoms with van der Waals surface area (Å²) in [4.78, 5) is 59.6. The summed E-state index contributed by atoms with van der Waals surface area (Å²) in [5.41, 5.74) is 0.397. The van der Waals surface area contributed by atoms with Gasteiger partial charge in [0.05, 0.1) is 24.0 Å². The molecule has 3 amide bonds. The number of aliphatic hydroxyl groups is 1. The van der Waals surface area contributed by atoms with Gasteiger partial charge in [0.25, 0.3) is 0 Å². The number of halogens is 1. The Labute approximate surface area is 309 Å². The van der Waals surface area contributed by atoms with Crippen molar-refractivity contribution >= 4 is 39.6 Å². The van der Waals surface area contributed by atoms with Crippen molar-refractivity contribution in [3.8, 4) is 0 Å². The van der Waals surface area contributed by atoms with E-state index < -0.39 is 47.7 Å². The van der Waals surface area contributed by atoms with Crippen molar-refractivity contribution in [2.45, 2.75) is 93.1 Å². The zero-order valence-corrected chi connectivity index (χ0v) is 30.9. The highest BCUT2D eigenvalue weighted by molar-refractivity contribution is 9.09. The van der Waals surface area contributed by atoms with Crippen molar-refractivity contribution in [3.63, 3.8) is 0 Å². The Morgan fingerprint density at radius 2 is 1.76 bits per heavy atom. The van der Waals surface area contributed by atoms with Crippen LogP contribution >= 0.6 is 15.9 Å². The van der Waals surface area contributed by atoms with Gasteiger partial charge >= 0.3 is 5.97 Å². The Balaban J connectivity index is 1.46. The highest BCUT2D eigenvalue weighted by atomic mass is 79.9.